The van der Waals surface area contributed by atoms with Crippen LogP contribution in [0.1, 0.15) is 40.3 Å². The second-order valence-corrected chi connectivity index (χ2v) is 12.5. The van der Waals surface area contributed by atoms with Crippen LogP contribution in [0.3, 0.4) is 0 Å². The van der Waals surface area contributed by atoms with Crippen LogP contribution in [-0.4, -0.2) is 64.1 Å². The minimum atomic E-state index is -0.925. The number of pyridine rings is 2. The first-order valence-electron chi connectivity index (χ1n) is 14.7. The Labute approximate surface area is 271 Å². The van der Waals surface area contributed by atoms with E-state index in [-0.39, 0.29) is 41.3 Å². The molecular weight excluding hydrogens is 624 g/mol. The van der Waals surface area contributed by atoms with Gasteiger partial charge in [0, 0.05) is 71.3 Å². The Hall–Kier alpha value is -5.60. The highest BCUT2D eigenvalue weighted by Gasteiger charge is 2.60. The average Bonchev–Trinajstić information content (AvgIpc) is 3.73. The monoisotopic (exact) mass is 650 g/mol. The number of aliphatic hydroxyl groups is 1. The Morgan fingerprint density at radius 3 is 2.60 bits per heavy atom. The van der Waals surface area contributed by atoms with E-state index in [2.05, 4.69) is 15.0 Å². The molecule has 2 aliphatic rings. The van der Waals surface area contributed by atoms with Crippen molar-refractivity contribution < 1.29 is 29.2 Å². The lowest BCUT2D eigenvalue weighted by molar-refractivity contribution is -0.384. The van der Waals surface area contributed by atoms with Gasteiger partial charge in [0.15, 0.2) is 0 Å². The summed E-state index contributed by atoms with van der Waals surface area (Å²) in [6, 6.07) is 10.6. The molecule has 0 saturated carbocycles. The summed E-state index contributed by atoms with van der Waals surface area (Å²) in [7, 11) is 0. The standard InChI is InChI=1S/C33H26N6O7S/c1-17-25(29(38-28(17)26(18(2)40)31(38)42)33(43)46-15-19-5-7-23(8-6-19)39(44)45)24-14-37-16-36-27(32(37)47-24)30(41)22-10-21(12-35-13-22)20-4-3-9-34-11-20/h3-14,16-18,26,28,40H,15H2,1-2H3/t17-,18+,26+,28+/m0/s1. The van der Waals surface area contributed by atoms with Crippen LogP contribution in [0.4, 0.5) is 5.69 Å². The maximum atomic E-state index is 13.7. The first kappa shape index (κ1) is 30.1. The molecule has 2 aliphatic heterocycles. The molecule has 236 valence electrons. The third-order valence-electron chi connectivity index (χ3n) is 8.57. The van der Waals surface area contributed by atoms with Crippen molar-refractivity contribution in [2.75, 3.05) is 0 Å². The molecule has 47 heavy (non-hydrogen) atoms. The van der Waals surface area contributed by atoms with Crippen LogP contribution in [-0.2, 0) is 20.9 Å². The molecule has 14 heteroatoms. The van der Waals surface area contributed by atoms with E-state index in [0.29, 0.717) is 26.4 Å². The van der Waals surface area contributed by atoms with Gasteiger partial charge in [-0.15, -0.1) is 11.3 Å². The van der Waals surface area contributed by atoms with Gasteiger partial charge in [0.25, 0.3) is 5.69 Å². The van der Waals surface area contributed by atoms with Gasteiger partial charge >= 0.3 is 5.97 Å². The van der Waals surface area contributed by atoms with Gasteiger partial charge in [-0.3, -0.25) is 34.1 Å². The highest BCUT2D eigenvalue weighted by Crippen LogP contribution is 2.52. The maximum Gasteiger partial charge on any atom is 0.355 e. The molecule has 4 atom stereocenters. The van der Waals surface area contributed by atoms with Gasteiger partial charge < -0.3 is 14.7 Å². The molecule has 1 aromatic carbocycles. The van der Waals surface area contributed by atoms with Gasteiger partial charge in [-0.2, -0.15) is 0 Å². The molecule has 1 saturated heterocycles. The summed E-state index contributed by atoms with van der Waals surface area (Å²) in [5.74, 6) is -2.48. The molecule has 1 N–H and O–H groups in total. The van der Waals surface area contributed by atoms with Crippen molar-refractivity contribution in [1.29, 1.82) is 0 Å². The quantitative estimate of drug-likeness (QED) is 0.0798. The highest BCUT2D eigenvalue weighted by molar-refractivity contribution is 7.18. The van der Waals surface area contributed by atoms with E-state index < -0.39 is 29.0 Å². The lowest BCUT2D eigenvalue weighted by Gasteiger charge is -2.46. The third-order valence-corrected chi connectivity index (χ3v) is 9.71. The summed E-state index contributed by atoms with van der Waals surface area (Å²) in [6.45, 7) is 3.27. The number of fused-ring (bicyclic) bond motifs is 2. The van der Waals surface area contributed by atoms with Crippen molar-refractivity contribution in [2.24, 2.45) is 11.8 Å². The Morgan fingerprint density at radius 2 is 1.89 bits per heavy atom. The Kier molecular flexibility index (Phi) is 7.45. The number of aromatic nitrogens is 4. The van der Waals surface area contributed by atoms with Crippen molar-refractivity contribution in [2.45, 2.75) is 32.6 Å². The molecule has 0 spiro atoms. The van der Waals surface area contributed by atoms with Crippen LogP contribution >= 0.6 is 11.3 Å². The van der Waals surface area contributed by atoms with Crippen LogP contribution < -0.4 is 0 Å². The number of β-lactam (4-membered cyclic amide) rings is 1. The molecule has 0 unspecified atom stereocenters. The molecule has 0 bridgehead atoms. The van der Waals surface area contributed by atoms with E-state index in [9.17, 15) is 29.6 Å². The number of nitro benzene ring substituents is 1. The number of thiazole rings is 1. The van der Waals surface area contributed by atoms with E-state index >= 15 is 0 Å². The van der Waals surface area contributed by atoms with Crippen molar-refractivity contribution in [3.8, 4) is 11.1 Å². The fraction of sp³-hybridized carbons (Fsp3) is 0.212. The van der Waals surface area contributed by atoms with Crippen LogP contribution in [0, 0.1) is 22.0 Å². The molecule has 6 heterocycles. The zero-order chi connectivity index (χ0) is 33.0. The molecule has 4 aromatic heterocycles. The number of hydrogen-bond acceptors (Lipinski definition) is 11. The zero-order valence-electron chi connectivity index (χ0n) is 25.0. The smallest absolute Gasteiger partial charge is 0.355 e. The Bertz CT molecular complexity index is 2100. The summed E-state index contributed by atoms with van der Waals surface area (Å²) < 4.78 is 7.33. The minimum absolute atomic E-state index is 0.0741. The van der Waals surface area contributed by atoms with Crippen LogP contribution in [0.5, 0.6) is 0 Å². The predicted octanol–water partition coefficient (Wildman–Crippen LogP) is 4.30. The average molecular weight is 651 g/mol. The number of amides is 1. The minimum Gasteiger partial charge on any atom is -0.456 e. The van der Waals surface area contributed by atoms with E-state index in [0.717, 1.165) is 11.1 Å². The number of carbonyl (C=O) groups is 3. The number of esters is 1. The van der Waals surface area contributed by atoms with Crippen LogP contribution in [0.15, 0.2) is 85.5 Å². The van der Waals surface area contributed by atoms with Gasteiger partial charge in [-0.05, 0) is 36.8 Å². The molecular formula is C33H26N6O7S. The van der Waals surface area contributed by atoms with E-state index in [4.69, 9.17) is 4.74 Å². The first-order valence-corrected chi connectivity index (χ1v) is 15.5. The van der Waals surface area contributed by atoms with E-state index in [1.54, 1.807) is 48.2 Å². The number of hydrogen-bond donors (Lipinski definition) is 1. The summed E-state index contributed by atoms with van der Waals surface area (Å²) in [5, 5.41) is 21.4. The first-order chi connectivity index (χ1) is 22.6. The fourth-order valence-electron chi connectivity index (χ4n) is 6.29. The lowest BCUT2D eigenvalue weighted by atomic mass is 9.77. The second kappa shape index (κ2) is 11.6. The maximum absolute atomic E-state index is 13.7. The van der Waals surface area contributed by atoms with Crippen molar-refractivity contribution >= 4 is 45.1 Å². The number of carbonyl (C=O) groups excluding carboxylic acids is 3. The van der Waals surface area contributed by atoms with Crippen molar-refractivity contribution in [3.05, 3.63) is 117 Å². The number of imidazole rings is 1. The lowest BCUT2D eigenvalue weighted by Crippen LogP contribution is -2.63. The molecule has 0 aliphatic carbocycles. The largest absolute Gasteiger partial charge is 0.456 e. The Balaban J connectivity index is 1.23. The van der Waals surface area contributed by atoms with Crippen molar-refractivity contribution in [3.63, 3.8) is 0 Å². The van der Waals surface area contributed by atoms with Crippen LogP contribution in [0.25, 0.3) is 21.5 Å². The third kappa shape index (κ3) is 5.07. The molecule has 1 fully saturated rings. The SMILES string of the molecule is C[C@@H](O)[C@H]1C(=O)N2C(C(=O)OCc3ccc([N+](=O)[O-])cc3)=C(c3cn4cnc(C(=O)c5cncc(-c6cccnc6)c5)c4s3)[C@H](C)[C@H]12. The van der Waals surface area contributed by atoms with E-state index in [1.165, 1.54) is 53.0 Å². The molecule has 7 rings (SSSR count). The van der Waals surface area contributed by atoms with Gasteiger partial charge in [-0.1, -0.05) is 13.0 Å². The van der Waals surface area contributed by atoms with Gasteiger partial charge in [0.05, 0.1) is 27.9 Å². The molecule has 13 nitrogen and oxygen atoms in total. The topological polar surface area (TPSA) is 170 Å². The van der Waals surface area contributed by atoms with Gasteiger partial charge in [0.2, 0.25) is 11.7 Å². The normalized spacial score (nSPS) is 19.4. The number of ketones is 1. The number of ether oxygens (including phenoxy) is 1. The predicted molar refractivity (Wildman–Crippen MR) is 169 cm³/mol. The highest BCUT2D eigenvalue weighted by atomic mass is 32.1. The Morgan fingerprint density at radius 1 is 1.13 bits per heavy atom. The fourth-order valence-corrected chi connectivity index (χ4v) is 7.50. The number of benzene rings is 1. The summed E-state index contributed by atoms with van der Waals surface area (Å²) in [4.78, 5) is 66.5. The number of nitrogens with zero attached hydrogens (tertiary/aromatic N) is 6. The van der Waals surface area contributed by atoms with Gasteiger partial charge in [0.1, 0.15) is 29.2 Å². The molecule has 1 amide bonds. The second-order valence-electron chi connectivity index (χ2n) is 11.4. The zero-order valence-corrected chi connectivity index (χ0v) is 25.8. The van der Waals surface area contributed by atoms with Crippen molar-refractivity contribution in [1.82, 2.24) is 24.3 Å². The number of nitro groups is 1. The van der Waals surface area contributed by atoms with Crippen LogP contribution in [0.2, 0.25) is 0 Å². The summed E-state index contributed by atoms with van der Waals surface area (Å²) >= 11 is 1.26. The number of aliphatic hydroxyl groups excluding tert-OH is 1. The van der Waals surface area contributed by atoms with Gasteiger partial charge in [-0.25, -0.2) is 9.78 Å². The van der Waals surface area contributed by atoms with E-state index in [1.807, 2.05) is 13.0 Å². The number of rotatable bonds is 9. The molecule has 0 radical (unpaired) electrons. The molecule has 5 aromatic rings. The summed E-state index contributed by atoms with van der Waals surface area (Å²) in [6.07, 6.45) is 8.84. The summed E-state index contributed by atoms with van der Waals surface area (Å²) in [5.41, 5.74) is 3.18. The number of non-ortho nitro benzene ring substituents is 1.